The van der Waals surface area contributed by atoms with E-state index >= 15 is 0 Å². The van der Waals surface area contributed by atoms with Gasteiger partial charge in [0.25, 0.3) is 0 Å². The normalized spacial score (nSPS) is 23.6. The quantitative estimate of drug-likeness (QED) is 0.854. The van der Waals surface area contributed by atoms with Crippen LogP contribution in [0.15, 0.2) is 12.1 Å². The highest BCUT2D eigenvalue weighted by Gasteiger charge is 2.23. The smallest absolute Gasteiger partial charge is 0.162 e. The Kier molecular flexibility index (Phi) is 4.73. The van der Waals surface area contributed by atoms with Crippen LogP contribution in [0.2, 0.25) is 0 Å². The van der Waals surface area contributed by atoms with Crippen LogP contribution in [0.25, 0.3) is 0 Å². The van der Waals surface area contributed by atoms with Crippen LogP contribution in [0.3, 0.4) is 0 Å². The second-order valence-corrected chi connectivity index (χ2v) is 5.36. The van der Waals surface area contributed by atoms with Gasteiger partial charge < -0.3 is 19.9 Å². The van der Waals surface area contributed by atoms with Gasteiger partial charge >= 0.3 is 0 Å². The van der Waals surface area contributed by atoms with Crippen molar-refractivity contribution >= 4 is 5.69 Å². The number of hydrogen-bond donors (Lipinski definition) is 1. The van der Waals surface area contributed by atoms with Crippen molar-refractivity contribution in [1.29, 1.82) is 0 Å². The fourth-order valence-corrected chi connectivity index (χ4v) is 2.73. The number of methoxy groups -OCH3 is 2. The molecule has 5 heteroatoms. The first-order chi connectivity index (χ1) is 9.53. The summed E-state index contributed by atoms with van der Waals surface area (Å²) in [5.74, 6) is 1.38. The van der Waals surface area contributed by atoms with Crippen LogP contribution in [0.5, 0.6) is 11.5 Å². The molecule has 0 bridgehead atoms. The first-order valence-corrected chi connectivity index (χ1v) is 6.91. The van der Waals surface area contributed by atoms with E-state index in [1.54, 1.807) is 14.2 Å². The summed E-state index contributed by atoms with van der Waals surface area (Å²) in [6, 6.07) is 3.78. The predicted molar refractivity (Wildman–Crippen MR) is 79.2 cm³/mol. The third-order valence-electron chi connectivity index (χ3n) is 3.53. The Morgan fingerprint density at radius 2 is 1.70 bits per heavy atom. The van der Waals surface area contributed by atoms with E-state index in [0.717, 1.165) is 30.9 Å². The molecule has 2 atom stereocenters. The van der Waals surface area contributed by atoms with Crippen molar-refractivity contribution in [2.45, 2.75) is 32.6 Å². The summed E-state index contributed by atoms with van der Waals surface area (Å²) in [5.41, 5.74) is 7.90. The second kappa shape index (κ2) is 6.33. The third-order valence-corrected chi connectivity index (χ3v) is 3.53. The minimum Gasteiger partial charge on any atom is -0.493 e. The zero-order valence-corrected chi connectivity index (χ0v) is 12.7. The highest BCUT2D eigenvalue weighted by Crippen LogP contribution is 2.32. The maximum absolute atomic E-state index is 6.11. The molecule has 1 heterocycles. The van der Waals surface area contributed by atoms with Crippen molar-refractivity contribution in [2.75, 3.05) is 33.0 Å². The Balaban J connectivity index is 2.16. The van der Waals surface area contributed by atoms with Gasteiger partial charge in [-0.15, -0.1) is 0 Å². The topological polar surface area (TPSA) is 57.0 Å². The van der Waals surface area contributed by atoms with Gasteiger partial charge in [-0.3, -0.25) is 4.90 Å². The second-order valence-electron chi connectivity index (χ2n) is 5.36. The molecule has 0 saturated carbocycles. The molecule has 1 aliphatic rings. The van der Waals surface area contributed by atoms with E-state index in [4.69, 9.17) is 19.9 Å². The van der Waals surface area contributed by atoms with Crippen LogP contribution in [-0.4, -0.2) is 44.4 Å². The van der Waals surface area contributed by atoms with Gasteiger partial charge in [0, 0.05) is 31.4 Å². The van der Waals surface area contributed by atoms with Gasteiger partial charge in [-0.05, 0) is 25.5 Å². The lowest BCUT2D eigenvalue weighted by atomic mass is 10.1. The van der Waals surface area contributed by atoms with Crippen LogP contribution in [0.1, 0.15) is 19.4 Å². The molecule has 5 nitrogen and oxygen atoms in total. The molecule has 1 aromatic rings. The van der Waals surface area contributed by atoms with Crippen molar-refractivity contribution in [2.24, 2.45) is 0 Å². The van der Waals surface area contributed by atoms with E-state index in [0.29, 0.717) is 11.5 Å². The number of nitrogen functional groups attached to an aromatic ring is 1. The van der Waals surface area contributed by atoms with Gasteiger partial charge in [-0.2, -0.15) is 0 Å². The van der Waals surface area contributed by atoms with E-state index in [-0.39, 0.29) is 12.2 Å². The summed E-state index contributed by atoms with van der Waals surface area (Å²) < 4.78 is 16.3. The Bertz CT molecular complexity index is 455. The highest BCUT2D eigenvalue weighted by molar-refractivity contribution is 5.57. The van der Waals surface area contributed by atoms with Crippen LogP contribution in [0, 0.1) is 0 Å². The fourth-order valence-electron chi connectivity index (χ4n) is 2.73. The van der Waals surface area contributed by atoms with Crippen molar-refractivity contribution in [3.8, 4) is 11.5 Å². The predicted octanol–water partition coefficient (Wildman–Crippen LogP) is 1.90. The molecule has 2 unspecified atom stereocenters. The lowest BCUT2D eigenvalue weighted by Gasteiger charge is -2.35. The maximum Gasteiger partial charge on any atom is 0.162 e. The average molecular weight is 280 g/mol. The van der Waals surface area contributed by atoms with Gasteiger partial charge in [0.2, 0.25) is 0 Å². The number of morpholine rings is 1. The first kappa shape index (κ1) is 14.9. The maximum atomic E-state index is 6.11. The number of nitrogens with two attached hydrogens (primary N) is 1. The standard InChI is InChI=1S/C15H24N2O3/c1-10-7-17(8-11(2)20-10)9-12-5-14(18-3)15(19-4)6-13(12)16/h5-6,10-11H,7-9,16H2,1-4H3. The highest BCUT2D eigenvalue weighted by atomic mass is 16.5. The lowest BCUT2D eigenvalue weighted by Crippen LogP contribution is -2.44. The molecule has 0 aliphatic carbocycles. The van der Waals surface area contributed by atoms with Crippen molar-refractivity contribution < 1.29 is 14.2 Å². The molecule has 1 aromatic carbocycles. The Hall–Kier alpha value is -1.46. The Labute approximate surface area is 120 Å². The van der Waals surface area contributed by atoms with Crippen LogP contribution >= 0.6 is 0 Å². The summed E-state index contributed by atoms with van der Waals surface area (Å²) >= 11 is 0. The van der Waals surface area contributed by atoms with Crippen LogP contribution in [0.4, 0.5) is 5.69 Å². The third kappa shape index (κ3) is 3.35. The van der Waals surface area contributed by atoms with E-state index in [1.807, 2.05) is 12.1 Å². The van der Waals surface area contributed by atoms with Gasteiger partial charge in [0.05, 0.1) is 26.4 Å². The Morgan fingerprint density at radius 3 is 2.25 bits per heavy atom. The molecule has 0 aromatic heterocycles. The van der Waals surface area contributed by atoms with E-state index < -0.39 is 0 Å². The van der Waals surface area contributed by atoms with Gasteiger partial charge in [0.1, 0.15) is 0 Å². The molecule has 0 radical (unpaired) electrons. The minimum atomic E-state index is 0.250. The van der Waals surface area contributed by atoms with E-state index in [2.05, 4.69) is 18.7 Å². The fraction of sp³-hybridized carbons (Fsp3) is 0.600. The largest absolute Gasteiger partial charge is 0.493 e. The van der Waals surface area contributed by atoms with Crippen molar-refractivity contribution in [3.63, 3.8) is 0 Å². The van der Waals surface area contributed by atoms with Gasteiger partial charge in [-0.25, -0.2) is 0 Å². The summed E-state index contributed by atoms with van der Waals surface area (Å²) in [5, 5.41) is 0. The molecule has 0 amide bonds. The average Bonchev–Trinajstić information content (AvgIpc) is 2.39. The monoisotopic (exact) mass is 280 g/mol. The molecule has 1 saturated heterocycles. The summed E-state index contributed by atoms with van der Waals surface area (Å²) in [6.07, 6.45) is 0.500. The van der Waals surface area contributed by atoms with Gasteiger partial charge in [-0.1, -0.05) is 0 Å². The molecule has 112 valence electrons. The zero-order valence-electron chi connectivity index (χ0n) is 12.7. The van der Waals surface area contributed by atoms with Crippen LogP contribution < -0.4 is 15.2 Å². The zero-order chi connectivity index (χ0) is 14.7. The van der Waals surface area contributed by atoms with Crippen LogP contribution in [-0.2, 0) is 11.3 Å². The summed E-state index contributed by atoms with van der Waals surface area (Å²) in [7, 11) is 3.25. The molecule has 1 fully saturated rings. The first-order valence-electron chi connectivity index (χ1n) is 6.91. The molecular formula is C15H24N2O3. The number of nitrogens with zero attached hydrogens (tertiary/aromatic N) is 1. The van der Waals surface area contributed by atoms with Crippen molar-refractivity contribution in [1.82, 2.24) is 4.90 Å². The Morgan fingerprint density at radius 1 is 1.15 bits per heavy atom. The molecule has 20 heavy (non-hydrogen) atoms. The number of hydrogen-bond acceptors (Lipinski definition) is 5. The number of rotatable bonds is 4. The van der Waals surface area contributed by atoms with Gasteiger partial charge in [0.15, 0.2) is 11.5 Å². The summed E-state index contributed by atoms with van der Waals surface area (Å²) in [6.45, 7) is 6.82. The molecular weight excluding hydrogens is 256 g/mol. The number of anilines is 1. The lowest BCUT2D eigenvalue weighted by molar-refractivity contribution is -0.0704. The molecule has 1 aliphatic heterocycles. The van der Waals surface area contributed by atoms with Crippen molar-refractivity contribution in [3.05, 3.63) is 17.7 Å². The SMILES string of the molecule is COc1cc(N)c(CN2CC(C)OC(C)C2)cc1OC. The molecule has 2 rings (SSSR count). The number of ether oxygens (including phenoxy) is 3. The number of benzene rings is 1. The summed E-state index contributed by atoms with van der Waals surface area (Å²) in [4.78, 5) is 2.36. The van der Waals surface area contributed by atoms with E-state index in [1.165, 1.54) is 0 Å². The minimum absolute atomic E-state index is 0.250. The molecule has 2 N–H and O–H groups in total. The van der Waals surface area contributed by atoms with E-state index in [9.17, 15) is 0 Å². The molecule has 0 spiro atoms.